The van der Waals surface area contributed by atoms with Gasteiger partial charge in [-0.3, -0.25) is 0 Å². The summed E-state index contributed by atoms with van der Waals surface area (Å²) in [6.45, 7) is 3.99. The number of aryl methyl sites for hydroxylation is 2. The van der Waals surface area contributed by atoms with Gasteiger partial charge in [0.1, 0.15) is 5.76 Å². The summed E-state index contributed by atoms with van der Waals surface area (Å²) in [7, 11) is 0. The van der Waals surface area contributed by atoms with Gasteiger partial charge in [0.05, 0.1) is 6.26 Å². The lowest BCUT2D eigenvalue weighted by atomic mass is 10.3. The zero-order valence-corrected chi connectivity index (χ0v) is 6.87. The molecule has 0 aromatic carbocycles. The highest BCUT2D eigenvalue weighted by atomic mass is 16.3. The summed E-state index contributed by atoms with van der Waals surface area (Å²) in [6, 6.07) is 9.85. The zero-order valence-electron chi connectivity index (χ0n) is 6.87. The van der Waals surface area contributed by atoms with Crippen LogP contribution in [0.5, 0.6) is 0 Å². The monoisotopic (exact) mass is 148 g/mol. The molecule has 1 aromatic heterocycles. The Morgan fingerprint density at radius 1 is 1.00 bits per heavy atom. The third-order valence-corrected chi connectivity index (χ3v) is 1.38. The van der Waals surface area contributed by atoms with Crippen LogP contribution in [-0.2, 0) is 0 Å². The molecule has 0 aliphatic rings. The van der Waals surface area contributed by atoms with E-state index < -0.39 is 0 Å². The SMILES string of the molecule is Cc1ccccoc(C)cc1. The molecule has 0 unspecified atom stereocenters. The Labute approximate surface area is 67.0 Å². The first-order valence-electron chi connectivity index (χ1n) is 3.64. The van der Waals surface area contributed by atoms with Crippen LogP contribution < -0.4 is 0 Å². The van der Waals surface area contributed by atoms with E-state index >= 15 is 0 Å². The van der Waals surface area contributed by atoms with Crippen molar-refractivity contribution in [1.29, 1.82) is 0 Å². The van der Waals surface area contributed by atoms with Crippen molar-refractivity contribution in [2.24, 2.45) is 0 Å². The molecular formula is C10H12O. The van der Waals surface area contributed by atoms with Crippen molar-refractivity contribution in [3.8, 4) is 0 Å². The van der Waals surface area contributed by atoms with Gasteiger partial charge in [-0.05, 0) is 26.0 Å². The van der Waals surface area contributed by atoms with Crippen molar-refractivity contribution < 1.29 is 4.42 Å². The summed E-state index contributed by atoms with van der Waals surface area (Å²) in [5.74, 6) is 0.907. The molecule has 0 atom stereocenters. The molecule has 0 N–H and O–H groups in total. The molecule has 1 heteroatoms. The van der Waals surface area contributed by atoms with Crippen LogP contribution in [0.3, 0.4) is 0 Å². The molecular weight excluding hydrogens is 136 g/mol. The van der Waals surface area contributed by atoms with Crippen molar-refractivity contribution in [1.82, 2.24) is 0 Å². The minimum atomic E-state index is 0.907. The molecule has 1 aromatic rings. The number of hydrogen-bond acceptors (Lipinski definition) is 1. The molecule has 0 radical (unpaired) electrons. The molecule has 0 aliphatic carbocycles. The van der Waals surface area contributed by atoms with Crippen LogP contribution in [0.4, 0.5) is 0 Å². The Morgan fingerprint density at radius 3 is 2.64 bits per heavy atom. The minimum absolute atomic E-state index is 0.907. The van der Waals surface area contributed by atoms with Gasteiger partial charge in [-0.1, -0.05) is 23.8 Å². The molecule has 58 valence electrons. The van der Waals surface area contributed by atoms with Crippen LogP contribution in [0.25, 0.3) is 0 Å². The second-order valence-electron chi connectivity index (χ2n) is 2.49. The highest BCUT2D eigenvalue weighted by Crippen LogP contribution is 1.95. The first-order chi connectivity index (χ1) is 5.29. The average molecular weight is 148 g/mol. The minimum Gasteiger partial charge on any atom is -0.470 e. The van der Waals surface area contributed by atoms with Crippen molar-refractivity contribution >= 4 is 0 Å². The van der Waals surface area contributed by atoms with E-state index in [1.165, 1.54) is 5.56 Å². The van der Waals surface area contributed by atoms with E-state index in [1.54, 1.807) is 6.26 Å². The lowest BCUT2D eigenvalue weighted by Gasteiger charge is -1.81. The summed E-state index contributed by atoms with van der Waals surface area (Å²) in [6.07, 6.45) is 1.68. The van der Waals surface area contributed by atoms with Gasteiger partial charge in [0.2, 0.25) is 0 Å². The van der Waals surface area contributed by atoms with Crippen LogP contribution in [0.15, 0.2) is 41.0 Å². The van der Waals surface area contributed by atoms with Gasteiger partial charge in [0.15, 0.2) is 0 Å². The maximum atomic E-state index is 5.20. The van der Waals surface area contributed by atoms with E-state index in [9.17, 15) is 0 Å². The molecule has 0 aliphatic heterocycles. The highest BCUT2D eigenvalue weighted by Gasteiger charge is 1.77. The molecule has 1 rings (SSSR count). The van der Waals surface area contributed by atoms with Crippen LogP contribution in [0, 0.1) is 13.8 Å². The quantitative estimate of drug-likeness (QED) is 0.551. The van der Waals surface area contributed by atoms with Crippen LogP contribution in [0.1, 0.15) is 11.3 Å². The van der Waals surface area contributed by atoms with E-state index in [-0.39, 0.29) is 0 Å². The molecule has 1 nitrogen and oxygen atoms in total. The lowest BCUT2D eigenvalue weighted by molar-refractivity contribution is 0.521. The molecule has 0 saturated heterocycles. The summed E-state index contributed by atoms with van der Waals surface area (Å²) >= 11 is 0. The second-order valence-corrected chi connectivity index (χ2v) is 2.49. The fourth-order valence-corrected chi connectivity index (χ4v) is 0.743. The molecule has 0 fully saturated rings. The van der Waals surface area contributed by atoms with Gasteiger partial charge in [-0.25, -0.2) is 0 Å². The van der Waals surface area contributed by atoms with E-state index in [0.717, 1.165) is 5.76 Å². The smallest absolute Gasteiger partial charge is 0.100 e. The number of rotatable bonds is 0. The standard InChI is InChI=1S/C10H12O/c1-9-5-3-4-8-11-10(2)7-6-9/h3-8H,1-2H3. The Morgan fingerprint density at radius 2 is 1.82 bits per heavy atom. The van der Waals surface area contributed by atoms with E-state index in [4.69, 9.17) is 4.42 Å². The first kappa shape index (κ1) is 7.86. The van der Waals surface area contributed by atoms with Gasteiger partial charge in [-0.15, -0.1) is 0 Å². The highest BCUT2D eigenvalue weighted by molar-refractivity contribution is 5.09. The fourth-order valence-electron chi connectivity index (χ4n) is 0.743. The second kappa shape index (κ2) is 3.81. The van der Waals surface area contributed by atoms with Gasteiger partial charge >= 0.3 is 0 Å². The first-order valence-corrected chi connectivity index (χ1v) is 3.64. The van der Waals surface area contributed by atoms with E-state index in [1.807, 2.05) is 37.3 Å². The largest absolute Gasteiger partial charge is 0.470 e. The Hall–Kier alpha value is -1.24. The van der Waals surface area contributed by atoms with Gasteiger partial charge in [0.25, 0.3) is 0 Å². The van der Waals surface area contributed by atoms with E-state index in [2.05, 4.69) is 6.92 Å². The molecule has 0 saturated carbocycles. The predicted octanol–water partition coefficient (Wildman–Crippen LogP) is 3.02. The van der Waals surface area contributed by atoms with Gasteiger partial charge < -0.3 is 4.42 Å². The van der Waals surface area contributed by atoms with Crippen LogP contribution in [0.2, 0.25) is 0 Å². The maximum Gasteiger partial charge on any atom is 0.100 e. The van der Waals surface area contributed by atoms with Crippen molar-refractivity contribution in [3.63, 3.8) is 0 Å². The predicted molar refractivity (Wildman–Crippen MR) is 45.8 cm³/mol. The van der Waals surface area contributed by atoms with Crippen molar-refractivity contribution in [3.05, 3.63) is 47.9 Å². The molecule has 1 heterocycles. The van der Waals surface area contributed by atoms with Crippen LogP contribution in [-0.4, -0.2) is 0 Å². The van der Waals surface area contributed by atoms with Crippen molar-refractivity contribution in [2.45, 2.75) is 13.8 Å². The van der Waals surface area contributed by atoms with Gasteiger partial charge in [0, 0.05) is 0 Å². The third kappa shape index (κ3) is 2.89. The summed E-state index contributed by atoms with van der Waals surface area (Å²) in [4.78, 5) is 0. The van der Waals surface area contributed by atoms with Crippen LogP contribution >= 0.6 is 0 Å². The number of hydrogen-bond donors (Lipinski definition) is 0. The Kier molecular flexibility index (Phi) is 2.73. The summed E-state index contributed by atoms with van der Waals surface area (Å²) in [5.41, 5.74) is 1.22. The van der Waals surface area contributed by atoms with E-state index in [0.29, 0.717) is 0 Å². The topological polar surface area (TPSA) is 13.1 Å². The average Bonchev–Trinajstić information content (AvgIpc) is 2.06. The summed E-state index contributed by atoms with van der Waals surface area (Å²) in [5, 5.41) is 0. The molecule has 0 bridgehead atoms. The maximum absolute atomic E-state index is 5.20. The Bertz CT molecular complexity index is 245. The molecule has 0 amide bonds. The Balaban J connectivity index is 3.23. The molecule has 11 heavy (non-hydrogen) atoms. The fraction of sp³-hybridized carbons (Fsp3) is 0.200. The van der Waals surface area contributed by atoms with Gasteiger partial charge in [-0.2, -0.15) is 0 Å². The molecule has 0 spiro atoms. The zero-order chi connectivity index (χ0) is 8.10. The normalized spacial score (nSPS) is 8.91. The third-order valence-electron chi connectivity index (χ3n) is 1.38. The lowest BCUT2D eigenvalue weighted by Crippen LogP contribution is -1.62. The van der Waals surface area contributed by atoms with Crippen molar-refractivity contribution in [2.75, 3.05) is 0 Å². The summed E-state index contributed by atoms with van der Waals surface area (Å²) < 4.78 is 5.20.